The molecule has 1 saturated carbocycles. The SMILES string of the molecule is C=C1CC(c2nc3cc(Cl)ccc3s2)C1. The van der Waals surface area contributed by atoms with Crippen LogP contribution in [0, 0.1) is 0 Å². The molecular weight excluding hydrogens is 226 g/mol. The van der Waals surface area contributed by atoms with E-state index >= 15 is 0 Å². The van der Waals surface area contributed by atoms with E-state index in [-0.39, 0.29) is 0 Å². The fraction of sp³-hybridized carbons (Fsp3) is 0.250. The van der Waals surface area contributed by atoms with Crippen LogP contribution < -0.4 is 0 Å². The van der Waals surface area contributed by atoms with Gasteiger partial charge in [-0.2, -0.15) is 0 Å². The molecule has 0 saturated heterocycles. The molecule has 1 aliphatic rings. The fourth-order valence-electron chi connectivity index (χ4n) is 1.90. The smallest absolute Gasteiger partial charge is 0.0975 e. The second-order valence-corrected chi connectivity index (χ2v) is 5.52. The van der Waals surface area contributed by atoms with Crippen LogP contribution in [0.3, 0.4) is 0 Å². The number of hydrogen-bond acceptors (Lipinski definition) is 2. The third-order valence-corrected chi connectivity index (χ3v) is 4.22. The molecule has 2 aromatic rings. The lowest BCUT2D eigenvalue weighted by Crippen LogP contribution is -2.10. The molecule has 0 unspecified atom stereocenters. The van der Waals surface area contributed by atoms with E-state index in [2.05, 4.69) is 11.6 Å². The Labute approximate surface area is 97.4 Å². The van der Waals surface area contributed by atoms with Crippen LogP contribution in [0.15, 0.2) is 30.4 Å². The second-order valence-electron chi connectivity index (χ2n) is 4.02. The number of hydrogen-bond donors (Lipinski definition) is 0. The standard InChI is InChI=1S/C12H10ClNS/c1-7-4-8(5-7)12-14-10-6-9(13)2-3-11(10)15-12/h2-3,6,8H,1,4-5H2. The molecule has 1 aromatic carbocycles. The summed E-state index contributed by atoms with van der Waals surface area (Å²) in [7, 11) is 0. The van der Waals surface area contributed by atoms with E-state index in [4.69, 9.17) is 11.6 Å². The van der Waals surface area contributed by atoms with Gasteiger partial charge in [-0.1, -0.05) is 23.8 Å². The summed E-state index contributed by atoms with van der Waals surface area (Å²) in [5.74, 6) is 0.605. The molecule has 0 amide bonds. The Morgan fingerprint density at radius 3 is 2.93 bits per heavy atom. The number of fused-ring (bicyclic) bond motifs is 1. The zero-order valence-corrected chi connectivity index (χ0v) is 9.74. The number of rotatable bonds is 1. The summed E-state index contributed by atoms with van der Waals surface area (Å²) in [5.41, 5.74) is 2.37. The highest BCUT2D eigenvalue weighted by Crippen LogP contribution is 2.42. The van der Waals surface area contributed by atoms with Crippen LogP contribution in [-0.4, -0.2) is 4.98 Å². The Morgan fingerprint density at radius 1 is 1.40 bits per heavy atom. The van der Waals surface area contributed by atoms with Gasteiger partial charge >= 0.3 is 0 Å². The highest BCUT2D eigenvalue weighted by molar-refractivity contribution is 7.18. The minimum atomic E-state index is 0.605. The summed E-state index contributed by atoms with van der Waals surface area (Å²) in [4.78, 5) is 4.62. The van der Waals surface area contributed by atoms with Crippen molar-refractivity contribution in [3.63, 3.8) is 0 Å². The lowest BCUT2D eigenvalue weighted by molar-refractivity contribution is 0.551. The van der Waals surface area contributed by atoms with Crippen molar-refractivity contribution in [3.8, 4) is 0 Å². The molecule has 1 aromatic heterocycles. The van der Waals surface area contributed by atoms with Gasteiger partial charge in [-0.25, -0.2) is 4.98 Å². The van der Waals surface area contributed by atoms with Crippen LogP contribution in [0.1, 0.15) is 23.8 Å². The molecule has 0 radical (unpaired) electrons. The molecule has 0 atom stereocenters. The molecule has 1 fully saturated rings. The first-order valence-corrected chi connectivity index (χ1v) is 6.14. The summed E-state index contributed by atoms with van der Waals surface area (Å²) < 4.78 is 1.23. The minimum Gasteiger partial charge on any atom is -0.241 e. The molecule has 0 N–H and O–H groups in total. The first-order chi connectivity index (χ1) is 7.22. The van der Waals surface area contributed by atoms with Gasteiger partial charge < -0.3 is 0 Å². The van der Waals surface area contributed by atoms with Crippen molar-refractivity contribution in [2.75, 3.05) is 0 Å². The predicted molar refractivity (Wildman–Crippen MR) is 65.7 cm³/mol. The van der Waals surface area contributed by atoms with E-state index < -0.39 is 0 Å². The molecule has 15 heavy (non-hydrogen) atoms. The average molecular weight is 236 g/mol. The van der Waals surface area contributed by atoms with Crippen molar-refractivity contribution < 1.29 is 0 Å². The molecule has 76 valence electrons. The first-order valence-electron chi connectivity index (χ1n) is 4.95. The summed E-state index contributed by atoms with van der Waals surface area (Å²) in [6.45, 7) is 3.96. The van der Waals surface area contributed by atoms with E-state index in [9.17, 15) is 0 Å². The van der Waals surface area contributed by atoms with Gasteiger partial charge in [0, 0.05) is 10.9 Å². The van der Waals surface area contributed by atoms with Crippen molar-refractivity contribution in [3.05, 3.63) is 40.4 Å². The summed E-state index contributed by atoms with van der Waals surface area (Å²) in [5, 5.41) is 2.00. The molecule has 3 rings (SSSR count). The van der Waals surface area contributed by atoms with Gasteiger partial charge in [-0.15, -0.1) is 11.3 Å². The van der Waals surface area contributed by atoms with Gasteiger partial charge in [0.05, 0.1) is 15.2 Å². The maximum Gasteiger partial charge on any atom is 0.0975 e. The Morgan fingerprint density at radius 2 is 2.20 bits per heavy atom. The number of benzene rings is 1. The van der Waals surface area contributed by atoms with Crippen molar-refractivity contribution in [2.24, 2.45) is 0 Å². The molecular formula is C12H10ClNS. The maximum absolute atomic E-state index is 5.93. The van der Waals surface area contributed by atoms with Gasteiger partial charge in [0.15, 0.2) is 0 Å². The van der Waals surface area contributed by atoms with Gasteiger partial charge in [-0.05, 0) is 31.0 Å². The summed E-state index contributed by atoms with van der Waals surface area (Å²) in [6, 6.07) is 5.91. The topological polar surface area (TPSA) is 12.9 Å². The Bertz CT molecular complexity index is 536. The van der Waals surface area contributed by atoms with Crippen molar-refractivity contribution in [2.45, 2.75) is 18.8 Å². The van der Waals surface area contributed by atoms with Crippen LogP contribution >= 0.6 is 22.9 Å². The van der Waals surface area contributed by atoms with Gasteiger partial charge in [0.1, 0.15) is 0 Å². The predicted octanol–water partition coefficient (Wildman–Crippen LogP) is 4.38. The molecule has 0 spiro atoms. The van der Waals surface area contributed by atoms with Crippen LogP contribution in [0.2, 0.25) is 5.02 Å². The van der Waals surface area contributed by atoms with Crippen LogP contribution in [0.5, 0.6) is 0 Å². The molecule has 0 aliphatic heterocycles. The third kappa shape index (κ3) is 1.58. The minimum absolute atomic E-state index is 0.605. The monoisotopic (exact) mass is 235 g/mol. The van der Waals surface area contributed by atoms with Crippen LogP contribution in [0.4, 0.5) is 0 Å². The highest BCUT2D eigenvalue weighted by Gasteiger charge is 2.26. The van der Waals surface area contributed by atoms with Gasteiger partial charge in [0.25, 0.3) is 0 Å². The molecule has 0 bridgehead atoms. The Kier molecular flexibility index (Phi) is 2.08. The maximum atomic E-state index is 5.93. The van der Waals surface area contributed by atoms with Crippen molar-refractivity contribution in [1.29, 1.82) is 0 Å². The van der Waals surface area contributed by atoms with E-state index in [0.29, 0.717) is 5.92 Å². The normalized spacial score (nSPS) is 17.0. The number of halogens is 1. The highest BCUT2D eigenvalue weighted by atomic mass is 35.5. The average Bonchev–Trinajstić information content (AvgIpc) is 2.55. The fourth-order valence-corrected chi connectivity index (χ4v) is 3.12. The second kappa shape index (κ2) is 3.32. The van der Waals surface area contributed by atoms with E-state index in [0.717, 1.165) is 23.4 Å². The zero-order chi connectivity index (χ0) is 10.4. The molecule has 1 heterocycles. The number of nitrogens with zero attached hydrogens (tertiary/aromatic N) is 1. The summed E-state index contributed by atoms with van der Waals surface area (Å²) >= 11 is 7.71. The van der Waals surface area contributed by atoms with E-state index in [1.54, 1.807) is 11.3 Å². The number of allylic oxidation sites excluding steroid dienone is 1. The molecule has 3 heteroatoms. The van der Waals surface area contributed by atoms with Crippen molar-refractivity contribution in [1.82, 2.24) is 4.98 Å². The largest absolute Gasteiger partial charge is 0.241 e. The number of aromatic nitrogens is 1. The van der Waals surface area contributed by atoms with Crippen LogP contribution in [-0.2, 0) is 0 Å². The molecule has 1 nitrogen and oxygen atoms in total. The zero-order valence-electron chi connectivity index (χ0n) is 8.16. The Balaban J connectivity index is 2.03. The first kappa shape index (κ1) is 9.37. The van der Waals surface area contributed by atoms with E-state index in [1.165, 1.54) is 15.3 Å². The number of thiazole rings is 1. The summed E-state index contributed by atoms with van der Waals surface area (Å²) in [6.07, 6.45) is 2.21. The van der Waals surface area contributed by atoms with E-state index in [1.807, 2.05) is 18.2 Å². The molecule has 1 aliphatic carbocycles. The van der Waals surface area contributed by atoms with Crippen molar-refractivity contribution >= 4 is 33.2 Å². The lowest BCUT2D eigenvalue weighted by Gasteiger charge is -2.25. The Hall–Kier alpha value is -0.860. The van der Waals surface area contributed by atoms with Crippen LogP contribution in [0.25, 0.3) is 10.2 Å². The van der Waals surface area contributed by atoms with Gasteiger partial charge in [0.2, 0.25) is 0 Å². The third-order valence-electron chi connectivity index (χ3n) is 2.79. The lowest BCUT2D eigenvalue weighted by atomic mass is 9.82. The quantitative estimate of drug-likeness (QED) is 0.669. The van der Waals surface area contributed by atoms with Gasteiger partial charge in [-0.3, -0.25) is 0 Å².